The number of nitrogens with zero attached hydrogens (tertiary/aromatic N) is 1. The average Bonchev–Trinajstić information content (AvgIpc) is 3.01. The third kappa shape index (κ3) is 4.48. The van der Waals surface area contributed by atoms with Gasteiger partial charge in [-0.2, -0.15) is 5.26 Å². The molecule has 0 saturated heterocycles. The van der Waals surface area contributed by atoms with Crippen LogP contribution >= 0.6 is 0 Å². The van der Waals surface area contributed by atoms with E-state index in [1.807, 2.05) is 36.5 Å². The molecule has 0 aliphatic heterocycles. The number of benzene rings is 1. The van der Waals surface area contributed by atoms with E-state index in [1.54, 1.807) is 18.4 Å². The van der Waals surface area contributed by atoms with Crippen LogP contribution in [0.5, 0.6) is 0 Å². The molecule has 1 atom stereocenters. The van der Waals surface area contributed by atoms with Crippen molar-refractivity contribution in [3.63, 3.8) is 0 Å². The number of nitriles is 1. The van der Waals surface area contributed by atoms with Gasteiger partial charge in [-0.25, -0.2) is 0 Å². The standard InChI is InChI=1S/C16H17N3O2/c1-12(15-3-2-10-21-15)18-11-16(20)19-14-6-4-13(5-7-14)8-9-17/h2-7,10,12,18H,8,11H2,1H3,(H,19,20)/p+1/t12-/m0/s1. The molecule has 0 fully saturated rings. The highest BCUT2D eigenvalue weighted by Crippen LogP contribution is 2.10. The van der Waals surface area contributed by atoms with Crippen molar-refractivity contribution in [3.05, 3.63) is 54.0 Å². The summed E-state index contributed by atoms with van der Waals surface area (Å²) in [6.45, 7) is 2.31. The Labute approximate surface area is 123 Å². The van der Waals surface area contributed by atoms with Crippen LogP contribution in [0.1, 0.15) is 24.3 Å². The number of nitrogens with two attached hydrogens (primary N) is 1. The largest absolute Gasteiger partial charge is 0.463 e. The van der Waals surface area contributed by atoms with Crippen molar-refractivity contribution < 1.29 is 14.5 Å². The minimum Gasteiger partial charge on any atom is -0.463 e. The van der Waals surface area contributed by atoms with E-state index in [0.29, 0.717) is 13.0 Å². The van der Waals surface area contributed by atoms with Crippen LogP contribution in [-0.4, -0.2) is 12.5 Å². The maximum Gasteiger partial charge on any atom is 0.279 e. The van der Waals surface area contributed by atoms with Crippen LogP contribution < -0.4 is 10.6 Å². The van der Waals surface area contributed by atoms with E-state index in [2.05, 4.69) is 11.4 Å². The van der Waals surface area contributed by atoms with E-state index < -0.39 is 0 Å². The third-order valence-corrected chi connectivity index (χ3v) is 3.17. The summed E-state index contributed by atoms with van der Waals surface area (Å²) in [6.07, 6.45) is 2.01. The van der Waals surface area contributed by atoms with Crippen LogP contribution in [0, 0.1) is 11.3 Å². The molecule has 0 radical (unpaired) electrons. The first-order valence-corrected chi connectivity index (χ1v) is 6.81. The molecule has 1 heterocycles. The topological polar surface area (TPSA) is 82.6 Å². The van der Waals surface area contributed by atoms with Crippen molar-refractivity contribution in [3.8, 4) is 6.07 Å². The van der Waals surface area contributed by atoms with Gasteiger partial charge >= 0.3 is 0 Å². The van der Waals surface area contributed by atoms with Gasteiger partial charge in [0.25, 0.3) is 5.91 Å². The van der Waals surface area contributed by atoms with Crippen LogP contribution in [0.2, 0.25) is 0 Å². The van der Waals surface area contributed by atoms with E-state index in [0.717, 1.165) is 17.0 Å². The molecule has 21 heavy (non-hydrogen) atoms. The SMILES string of the molecule is C[C@H]([NH2+]CC(=O)Nc1ccc(CC#N)cc1)c1ccco1. The number of hydrogen-bond acceptors (Lipinski definition) is 3. The Kier molecular flexibility index (Phi) is 5.13. The van der Waals surface area contributed by atoms with Crippen molar-refractivity contribution in [1.29, 1.82) is 5.26 Å². The number of nitrogens with one attached hydrogen (secondary N) is 1. The minimum absolute atomic E-state index is 0.0681. The van der Waals surface area contributed by atoms with Gasteiger partial charge in [-0.15, -0.1) is 0 Å². The average molecular weight is 284 g/mol. The number of anilines is 1. The van der Waals surface area contributed by atoms with Crippen molar-refractivity contribution in [2.75, 3.05) is 11.9 Å². The van der Waals surface area contributed by atoms with Gasteiger partial charge in [0.05, 0.1) is 18.8 Å². The summed E-state index contributed by atoms with van der Waals surface area (Å²) in [5.41, 5.74) is 1.68. The fourth-order valence-electron chi connectivity index (χ4n) is 1.96. The molecule has 1 aromatic heterocycles. The summed E-state index contributed by atoms with van der Waals surface area (Å²) in [5.74, 6) is 0.782. The summed E-state index contributed by atoms with van der Waals surface area (Å²) in [5, 5.41) is 13.3. The second-order valence-corrected chi connectivity index (χ2v) is 4.82. The molecular formula is C16H18N3O2+. The number of amides is 1. The molecule has 0 aliphatic carbocycles. The second-order valence-electron chi connectivity index (χ2n) is 4.82. The van der Waals surface area contributed by atoms with Gasteiger partial charge in [0.15, 0.2) is 12.3 Å². The summed E-state index contributed by atoms with van der Waals surface area (Å²) in [4.78, 5) is 11.9. The van der Waals surface area contributed by atoms with Crippen LogP contribution in [-0.2, 0) is 11.2 Å². The highest BCUT2D eigenvalue weighted by Gasteiger charge is 2.13. The molecule has 5 heteroatoms. The van der Waals surface area contributed by atoms with Crippen molar-refractivity contribution in [2.45, 2.75) is 19.4 Å². The fourth-order valence-corrected chi connectivity index (χ4v) is 1.96. The lowest BCUT2D eigenvalue weighted by Crippen LogP contribution is -2.86. The number of furan rings is 1. The fraction of sp³-hybridized carbons (Fsp3) is 0.250. The van der Waals surface area contributed by atoms with E-state index in [9.17, 15) is 4.79 Å². The Morgan fingerprint density at radius 3 is 2.76 bits per heavy atom. The minimum atomic E-state index is -0.0681. The molecule has 2 rings (SSSR count). The molecule has 1 amide bonds. The Morgan fingerprint density at radius 2 is 2.14 bits per heavy atom. The van der Waals surface area contributed by atoms with Gasteiger partial charge in [-0.3, -0.25) is 4.79 Å². The normalized spacial score (nSPS) is 11.6. The monoisotopic (exact) mass is 284 g/mol. The smallest absolute Gasteiger partial charge is 0.279 e. The van der Waals surface area contributed by atoms with E-state index in [-0.39, 0.29) is 11.9 Å². The molecular weight excluding hydrogens is 266 g/mol. The van der Waals surface area contributed by atoms with Gasteiger partial charge in [-0.1, -0.05) is 12.1 Å². The zero-order valence-electron chi connectivity index (χ0n) is 11.9. The molecule has 0 unspecified atom stereocenters. The van der Waals surface area contributed by atoms with Crippen molar-refractivity contribution in [2.24, 2.45) is 0 Å². The first kappa shape index (κ1) is 14.8. The first-order chi connectivity index (χ1) is 10.2. The van der Waals surface area contributed by atoms with E-state index in [1.165, 1.54) is 0 Å². The number of carbonyl (C=O) groups excluding carboxylic acids is 1. The molecule has 0 spiro atoms. The molecule has 0 bridgehead atoms. The quantitative estimate of drug-likeness (QED) is 0.845. The highest BCUT2D eigenvalue weighted by atomic mass is 16.3. The van der Waals surface area contributed by atoms with Gasteiger partial charge in [0, 0.05) is 5.69 Å². The zero-order chi connectivity index (χ0) is 15.1. The molecule has 0 saturated carbocycles. The Balaban J connectivity index is 1.80. The third-order valence-electron chi connectivity index (χ3n) is 3.17. The lowest BCUT2D eigenvalue weighted by atomic mass is 10.1. The molecule has 1 aromatic carbocycles. The van der Waals surface area contributed by atoms with E-state index >= 15 is 0 Å². The van der Waals surface area contributed by atoms with Gasteiger partial charge in [0.1, 0.15) is 6.04 Å². The second kappa shape index (κ2) is 7.27. The summed E-state index contributed by atoms with van der Waals surface area (Å²) < 4.78 is 5.29. The number of quaternary nitrogens is 1. The highest BCUT2D eigenvalue weighted by molar-refractivity contribution is 5.91. The van der Waals surface area contributed by atoms with Crippen LogP contribution in [0.25, 0.3) is 0 Å². The van der Waals surface area contributed by atoms with Crippen molar-refractivity contribution in [1.82, 2.24) is 0 Å². The summed E-state index contributed by atoms with van der Waals surface area (Å²) >= 11 is 0. The molecule has 5 nitrogen and oxygen atoms in total. The number of hydrogen-bond donors (Lipinski definition) is 2. The maximum atomic E-state index is 11.9. The van der Waals surface area contributed by atoms with E-state index in [4.69, 9.17) is 9.68 Å². The Morgan fingerprint density at radius 1 is 1.38 bits per heavy atom. The maximum absolute atomic E-state index is 11.9. The lowest BCUT2D eigenvalue weighted by Gasteiger charge is -2.09. The summed E-state index contributed by atoms with van der Waals surface area (Å²) in [7, 11) is 0. The predicted molar refractivity (Wildman–Crippen MR) is 78.3 cm³/mol. The van der Waals surface area contributed by atoms with Gasteiger partial charge in [-0.05, 0) is 36.8 Å². The molecule has 108 valence electrons. The molecule has 3 N–H and O–H groups in total. The predicted octanol–water partition coefficient (Wildman–Crippen LogP) is 1.61. The van der Waals surface area contributed by atoms with Gasteiger partial charge in [0.2, 0.25) is 0 Å². The Bertz CT molecular complexity index is 612. The molecule has 2 aromatic rings. The van der Waals surface area contributed by atoms with Crippen LogP contribution in [0.4, 0.5) is 5.69 Å². The van der Waals surface area contributed by atoms with Crippen molar-refractivity contribution >= 4 is 11.6 Å². The first-order valence-electron chi connectivity index (χ1n) is 6.81. The lowest BCUT2D eigenvalue weighted by molar-refractivity contribution is -0.684. The molecule has 0 aliphatic rings. The zero-order valence-corrected chi connectivity index (χ0v) is 11.9. The van der Waals surface area contributed by atoms with Gasteiger partial charge < -0.3 is 15.1 Å². The summed E-state index contributed by atoms with van der Waals surface area (Å²) in [6, 6.07) is 13.2. The van der Waals surface area contributed by atoms with Crippen LogP contribution in [0.3, 0.4) is 0 Å². The number of rotatable bonds is 6. The Hall–Kier alpha value is -2.58. The van der Waals surface area contributed by atoms with Crippen LogP contribution in [0.15, 0.2) is 47.1 Å². The number of carbonyl (C=O) groups is 1.